The highest BCUT2D eigenvalue weighted by Crippen LogP contribution is 2.43. The van der Waals surface area contributed by atoms with E-state index in [4.69, 9.17) is 4.74 Å². The number of ether oxygens (including phenoxy) is 1. The van der Waals surface area contributed by atoms with Crippen molar-refractivity contribution in [3.63, 3.8) is 0 Å². The molecular formula is C19H22F2N2O4. The summed E-state index contributed by atoms with van der Waals surface area (Å²) in [6.07, 6.45) is -0.311. The molecule has 1 aromatic rings. The molecule has 0 radical (unpaired) electrons. The first-order valence-electron chi connectivity index (χ1n) is 8.56. The molecule has 1 fully saturated rings. The second kappa shape index (κ2) is 7.51. The number of halogens is 2. The molecule has 1 saturated heterocycles. The largest absolute Gasteiger partial charge is 0.480 e. The number of nitriles is 1. The quantitative estimate of drug-likeness (QED) is 0.867. The number of hydrogen-bond donors (Lipinski definition) is 1. The number of nitrogens with zero attached hydrogens (tertiary/aromatic N) is 2. The van der Waals surface area contributed by atoms with Crippen LogP contribution in [0.5, 0.6) is 0 Å². The van der Waals surface area contributed by atoms with Crippen LogP contribution in [0.2, 0.25) is 0 Å². The Balaban J connectivity index is 2.35. The standard InChI is InChI=1S/C19H22F2N2O4/c1-18(2,3)27-17(26)23-8-6-19(7-9-23,13(11-22)16(24)25)12-4-5-14(20)15(21)10-12/h4-5,10,13H,6-9H2,1-3H3,(H,24,25). The van der Waals surface area contributed by atoms with Gasteiger partial charge in [0.15, 0.2) is 17.6 Å². The highest BCUT2D eigenvalue weighted by atomic mass is 19.2. The summed E-state index contributed by atoms with van der Waals surface area (Å²) in [5, 5.41) is 18.9. The van der Waals surface area contributed by atoms with Crippen molar-refractivity contribution in [3.8, 4) is 6.07 Å². The molecule has 1 unspecified atom stereocenters. The number of carboxylic acid groups (broad SMARTS) is 1. The van der Waals surface area contributed by atoms with Crippen molar-refractivity contribution in [1.82, 2.24) is 4.90 Å². The topological polar surface area (TPSA) is 90.6 Å². The molecule has 1 amide bonds. The Kier molecular flexibility index (Phi) is 5.73. The molecule has 0 aromatic heterocycles. The normalized spacial score (nSPS) is 17.7. The van der Waals surface area contributed by atoms with E-state index in [0.29, 0.717) is 0 Å². The van der Waals surface area contributed by atoms with E-state index in [1.165, 1.54) is 11.0 Å². The van der Waals surface area contributed by atoms with Crippen molar-refractivity contribution in [2.45, 2.75) is 44.6 Å². The smallest absolute Gasteiger partial charge is 0.410 e. The number of likely N-dealkylation sites (tertiary alicyclic amines) is 1. The molecule has 1 aliphatic heterocycles. The van der Waals surface area contributed by atoms with Crippen LogP contribution in [0.25, 0.3) is 0 Å². The van der Waals surface area contributed by atoms with E-state index in [1.54, 1.807) is 26.8 Å². The van der Waals surface area contributed by atoms with Crippen LogP contribution >= 0.6 is 0 Å². The number of carbonyl (C=O) groups excluding carboxylic acids is 1. The Morgan fingerprint density at radius 1 is 1.26 bits per heavy atom. The average molecular weight is 380 g/mol. The van der Waals surface area contributed by atoms with E-state index in [0.717, 1.165) is 12.1 Å². The van der Waals surface area contributed by atoms with Crippen LogP contribution in [0.1, 0.15) is 39.2 Å². The summed E-state index contributed by atoms with van der Waals surface area (Å²) >= 11 is 0. The summed E-state index contributed by atoms with van der Waals surface area (Å²) in [7, 11) is 0. The first-order valence-corrected chi connectivity index (χ1v) is 8.56. The highest BCUT2D eigenvalue weighted by Gasteiger charge is 2.48. The van der Waals surface area contributed by atoms with Crippen molar-refractivity contribution < 1.29 is 28.2 Å². The van der Waals surface area contributed by atoms with Crippen LogP contribution in [0.3, 0.4) is 0 Å². The maximum absolute atomic E-state index is 13.8. The molecule has 27 heavy (non-hydrogen) atoms. The van der Waals surface area contributed by atoms with Crippen LogP contribution < -0.4 is 0 Å². The van der Waals surface area contributed by atoms with Gasteiger partial charge in [0.25, 0.3) is 0 Å². The Morgan fingerprint density at radius 3 is 2.30 bits per heavy atom. The van der Waals surface area contributed by atoms with Crippen LogP contribution in [-0.4, -0.2) is 40.8 Å². The molecular weight excluding hydrogens is 358 g/mol. The lowest BCUT2D eigenvalue weighted by Gasteiger charge is -2.43. The van der Waals surface area contributed by atoms with E-state index in [1.807, 2.05) is 0 Å². The Labute approximate surface area is 156 Å². The van der Waals surface area contributed by atoms with Gasteiger partial charge in [-0.2, -0.15) is 5.26 Å². The van der Waals surface area contributed by atoms with Crippen molar-refractivity contribution in [1.29, 1.82) is 5.26 Å². The van der Waals surface area contributed by atoms with E-state index in [2.05, 4.69) is 0 Å². The molecule has 2 rings (SSSR count). The molecule has 1 N–H and O–H groups in total. The van der Waals surface area contributed by atoms with Gasteiger partial charge >= 0.3 is 12.1 Å². The summed E-state index contributed by atoms with van der Waals surface area (Å²) in [4.78, 5) is 25.3. The number of amides is 1. The van der Waals surface area contributed by atoms with Gasteiger partial charge in [-0.15, -0.1) is 0 Å². The van der Waals surface area contributed by atoms with E-state index < -0.39 is 40.6 Å². The van der Waals surface area contributed by atoms with Crippen molar-refractivity contribution >= 4 is 12.1 Å². The molecule has 0 spiro atoms. The van der Waals surface area contributed by atoms with Gasteiger partial charge in [-0.25, -0.2) is 13.6 Å². The fourth-order valence-electron chi connectivity index (χ4n) is 3.38. The van der Waals surface area contributed by atoms with Gasteiger partial charge in [0.2, 0.25) is 0 Å². The second-order valence-corrected chi connectivity index (χ2v) is 7.65. The molecule has 1 aliphatic rings. The summed E-state index contributed by atoms with van der Waals surface area (Å²) in [6.45, 7) is 5.47. The first kappa shape index (κ1) is 20.6. The number of hydrogen-bond acceptors (Lipinski definition) is 4. The summed E-state index contributed by atoms with van der Waals surface area (Å²) < 4.78 is 32.4. The summed E-state index contributed by atoms with van der Waals surface area (Å²) in [5.74, 6) is -4.96. The van der Waals surface area contributed by atoms with Gasteiger partial charge in [0.05, 0.1) is 6.07 Å². The molecule has 6 nitrogen and oxygen atoms in total. The molecule has 8 heteroatoms. The molecule has 0 aliphatic carbocycles. The Morgan fingerprint density at radius 2 is 1.85 bits per heavy atom. The maximum Gasteiger partial charge on any atom is 0.410 e. The van der Waals surface area contributed by atoms with Gasteiger partial charge in [-0.1, -0.05) is 6.07 Å². The van der Waals surface area contributed by atoms with Gasteiger partial charge in [0.1, 0.15) is 5.60 Å². The predicted molar refractivity (Wildman–Crippen MR) is 91.8 cm³/mol. The SMILES string of the molecule is CC(C)(C)OC(=O)N1CCC(c2ccc(F)c(F)c2)(C(C#N)C(=O)O)CC1. The van der Waals surface area contributed by atoms with Crippen molar-refractivity contribution in [2.24, 2.45) is 5.92 Å². The van der Waals surface area contributed by atoms with Crippen LogP contribution in [0, 0.1) is 28.9 Å². The zero-order chi connectivity index (χ0) is 20.4. The third-order valence-electron chi connectivity index (χ3n) is 4.73. The molecule has 1 atom stereocenters. The predicted octanol–water partition coefficient (Wildman–Crippen LogP) is 3.46. The van der Waals surface area contributed by atoms with E-state index >= 15 is 0 Å². The maximum atomic E-state index is 13.8. The van der Waals surface area contributed by atoms with E-state index in [-0.39, 0.29) is 31.5 Å². The number of carboxylic acids is 1. The minimum Gasteiger partial charge on any atom is -0.480 e. The minimum absolute atomic E-state index is 0.113. The van der Waals surface area contributed by atoms with Gasteiger partial charge in [0, 0.05) is 18.5 Å². The summed E-state index contributed by atoms with van der Waals surface area (Å²) in [5.41, 5.74) is -1.67. The molecule has 0 saturated carbocycles. The van der Waals surface area contributed by atoms with Crippen LogP contribution in [0.4, 0.5) is 13.6 Å². The lowest BCUT2D eigenvalue weighted by Crippen LogP contribution is -2.51. The number of carbonyl (C=O) groups is 2. The Hall–Kier alpha value is -2.69. The Bertz CT molecular complexity index is 775. The van der Waals surface area contributed by atoms with Gasteiger partial charge < -0.3 is 14.7 Å². The third-order valence-corrected chi connectivity index (χ3v) is 4.73. The highest BCUT2D eigenvalue weighted by molar-refractivity contribution is 5.76. The zero-order valence-electron chi connectivity index (χ0n) is 15.5. The second-order valence-electron chi connectivity index (χ2n) is 7.65. The zero-order valence-corrected chi connectivity index (χ0v) is 15.5. The van der Waals surface area contributed by atoms with Gasteiger partial charge in [-0.3, -0.25) is 4.79 Å². The van der Waals surface area contributed by atoms with Crippen LogP contribution in [-0.2, 0) is 14.9 Å². The number of piperidine rings is 1. The monoisotopic (exact) mass is 380 g/mol. The number of aliphatic carboxylic acids is 1. The van der Waals surface area contributed by atoms with Crippen molar-refractivity contribution in [3.05, 3.63) is 35.4 Å². The third kappa shape index (κ3) is 4.35. The van der Waals surface area contributed by atoms with Gasteiger partial charge in [-0.05, 0) is 51.3 Å². The lowest BCUT2D eigenvalue weighted by molar-refractivity contribution is -0.142. The molecule has 1 aromatic carbocycles. The first-order chi connectivity index (χ1) is 12.5. The fourth-order valence-corrected chi connectivity index (χ4v) is 3.38. The summed E-state index contributed by atoms with van der Waals surface area (Å²) in [6, 6.07) is 4.93. The fraction of sp³-hybridized carbons (Fsp3) is 0.526. The molecule has 0 bridgehead atoms. The van der Waals surface area contributed by atoms with Crippen molar-refractivity contribution in [2.75, 3.05) is 13.1 Å². The minimum atomic E-state index is -1.46. The number of rotatable bonds is 3. The van der Waals surface area contributed by atoms with Crippen LogP contribution in [0.15, 0.2) is 18.2 Å². The van der Waals surface area contributed by atoms with E-state index in [9.17, 15) is 28.7 Å². The average Bonchev–Trinajstić information content (AvgIpc) is 2.56. The molecule has 1 heterocycles. The lowest BCUT2D eigenvalue weighted by atomic mass is 9.64. The number of benzene rings is 1. The molecule has 146 valence electrons.